The van der Waals surface area contributed by atoms with Crippen LogP contribution in [0, 0.1) is 13.8 Å². The zero-order valence-electron chi connectivity index (χ0n) is 17.2. The van der Waals surface area contributed by atoms with Gasteiger partial charge in [-0.05, 0) is 61.2 Å². The number of rotatable bonds is 6. The number of carbonyl (C=O) groups excluding carboxylic acids is 1. The van der Waals surface area contributed by atoms with E-state index in [1.165, 1.54) is 4.31 Å². The van der Waals surface area contributed by atoms with E-state index in [2.05, 4.69) is 6.92 Å². The molecule has 0 unspecified atom stereocenters. The molecule has 0 saturated carbocycles. The van der Waals surface area contributed by atoms with Crippen molar-refractivity contribution in [3.63, 3.8) is 0 Å². The highest BCUT2D eigenvalue weighted by molar-refractivity contribution is 7.89. The fourth-order valence-electron chi connectivity index (χ4n) is 3.29. The Hall–Kier alpha value is -2.38. The smallest absolute Gasteiger partial charge is 0.260 e. The number of amides is 1. The summed E-state index contributed by atoms with van der Waals surface area (Å²) in [6.45, 7) is 7.17. The van der Waals surface area contributed by atoms with Crippen molar-refractivity contribution < 1.29 is 17.9 Å². The van der Waals surface area contributed by atoms with Gasteiger partial charge in [-0.25, -0.2) is 8.42 Å². The van der Waals surface area contributed by atoms with Crippen LogP contribution >= 0.6 is 0 Å². The van der Waals surface area contributed by atoms with E-state index in [-0.39, 0.29) is 25.6 Å². The molecule has 1 aliphatic heterocycles. The van der Waals surface area contributed by atoms with Crippen molar-refractivity contribution in [2.45, 2.75) is 32.1 Å². The van der Waals surface area contributed by atoms with Crippen LogP contribution in [0.15, 0.2) is 47.4 Å². The normalized spacial score (nSPS) is 15.3. The Labute approximate surface area is 173 Å². The van der Waals surface area contributed by atoms with Gasteiger partial charge in [-0.3, -0.25) is 4.79 Å². The Balaban J connectivity index is 1.56. The molecule has 1 saturated heterocycles. The van der Waals surface area contributed by atoms with Crippen LogP contribution in [0.3, 0.4) is 0 Å². The molecule has 0 spiro atoms. The van der Waals surface area contributed by atoms with Crippen molar-refractivity contribution in [3.05, 3.63) is 59.2 Å². The Morgan fingerprint density at radius 2 is 1.72 bits per heavy atom. The van der Waals surface area contributed by atoms with E-state index in [0.717, 1.165) is 23.1 Å². The minimum Gasteiger partial charge on any atom is -0.484 e. The summed E-state index contributed by atoms with van der Waals surface area (Å²) in [4.78, 5) is 14.4. The van der Waals surface area contributed by atoms with Crippen LogP contribution < -0.4 is 4.74 Å². The summed E-state index contributed by atoms with van der Waals surface area (Å²) in [6.07, 6.45) is 0.905. The molecule has 1 aliphatic rings. The van der Waals surface area contributed by atoms with Gasteiger partial charge in [0.15, 0.2) is 6.61 Å². The van der Waals surface area contributed by atoms with Crippen LogP contribution in [0.4, 0.5) is 0 Å². The lowest BCUT2D eigenvalue weighted by molar-refractivity contribution is -0.134. The standard InChI is InChI=1S/C22H28N2O4S/c1-4-19-6-5-7-20(15-19)28-16-22(25)23-10-12-24(13-11-23)29(26,27)21-9-8-17(2)18(3)14-21/h5-9,14-15H,4,10-13,16H2,1-3H3. The van der Waals surface area contributed by atoms with Crippen LogP contribution in [-0.4, -0.2) is 56.3 Å². The first-order valence-electron chi connectivity index (χ1n) is 9.88. The number of hydrogen-bond donors (Lipinski definition) is 0. The van der Waals surface area contributed by atoms with Gasteiger partial charge in [0.05, 0.1) is 4.90 Å². The number of piperazine rings is 1. The molecule has 0 aromatic heterocycles. The lowest BCUT2D eigenvalue weighted by atomic mass is 10.1. The van der Waals surface area contributed by atoms with Gasteiger partial charge in [0, 0.05) is 26.2 Å². The molecule has 0 N–H and O–H groups in total. The minimum atomic E-state index is -3.55. The van der Waals surface area contributed by atoms with Crippen LogP contribution in [0.5, 0.6) is 5.75 Å². The molecule has 0 atom stereocenters. The number of carbonyl (C=O) groups is 1. The average molecular weight is 417 g/mol. The van der Waals surface area contributed by atoms with E-state index in [0.29, 0.717) is 23.7 Å². The molecule has 0 radical (unpaired) electrons. The average Bonchev–Trinajstić information content (AvgIpc) is 2.74. The molecule has 1 amide bonds. The lowest BCUT2D eigenvalue weighted by Gasteiger charge is -2.34. The number of nitrogens with zero attached hydrogens (tertiary/aromatic N) is 2. The summed E-state index contributed by atoms with van der Waals surface area (Å²) in [5, 5.41) is 0. The van der Waals surface area contributed by atoms with Gasteiger partial charge in [-0.2, -0.15) is 4.31 Å². The van der Waals surface area contributed by atoms with Gasteiger partial charge in [0.25, 0.3) is 5.91 Å². The maximum atomic E-state index is 12.9. The topological polar surface area (TPSA) is 66.9 Å². The maximum absolute atomic E-state index is 12.9. The van der Waals surface area contributed by atoms with E-state index < -0.39 is 10.0 Å². The summed E-state index contributed by atoms with van der Waals surface area (Å²) in [5.74, 6) is 0.545. The first-order valence-corrected chi connectivity index (χ1v) is 11.3. The zero-order valence-corrected chi connectivity index (χ0v) is 18.0. The van der Waals surface area contributed by atoms with Gasteiger partial charge in [0.2, 0.25) is 10.0 Å². The molecular formula is C22H28N2O4S. The molecule has 6 nitrogen and oxygen atoms in total. The Morgan fingerprint density at radius 1 is 1.00 bits per heavy atom. The molecule has 2 aromatic carbocycles. The fourth-order valence-corrected chi connectivity index (χ4v) is 4.80. The molecular weight excluding hydrogens is 388 g/mol. The summed E-state index contributed by atoms with van der Waals surface area (Å²) in [5.41, 5.74) is 3.16. The zero-order chi connectivity index (χ0) is 21.0. The van der Waals surface area contributed by atoms with E-state index in [1.54, 1.807) is 17.0 Å². The molecule has 2 aromatic rings. The van der Waals surface area contributed by atoms with E-state index in [4.69, 9.17) is 4.74 Å². The minimum absolute atomic E-state index is 0.0446. The second-order valence-electron chi connectivity index (χ2n) is 7.32. The first-order chi connectivity index (χ1) is 13.8. The van der Waals surface area contributed by atoms with E-state index in [1.807, 2.05) is 44.2 Å². The van der Waals surface area contributed by atoms with Crippen LogP contribution in [0.1, 0.15) is 23.6 Å². The van der Waals surface area contributed by atoms with E-state index >= 15 is 0 Å². The van der Waals surface area contributed by atoms with Gasteiger partial charge in [-0.15, -0.1) is 0 Å². The van der Waals surface area contributed by atoms with Gasteiger partial charge in [0.1, 0.15) is 5.75 Å². The third-order valence-electron chi connectivity index (χ3n) is 5.38. The third kappa shape index (κ3) is 4.97. The molecule has 0 bridgehead atoms. The van der Waals surface area contributed by atoms with Crippen molar-refractivity contribution in [1.82, 2.24) is 9.21 Å². The van der Waals surface area contributed by atoms with Crippen molar-refractivity contribution in [1.29, 1.82) is 0 Å². The fraction of sp³-hybridized carbons (Fsp3) is 0.409. The molecule has 1 heterocycles. The Bertz CT molecular complexity index is 980. The molecule has 3 rings (SSSR count). The number of sulfonamides is 1. The predicted molar refractivity (Wildman–Crippen MR) is 113 cm³/mol. The van der Waals surface area contributed by atoms with Crippen LogP contribution in [0.2, 0.25) is 0 Å². The Morgan fingerprint density at radius 3 is 2.38 bits per heavy atom. The highest BCUT2D eigenvalue weighted by Crippen LogP contribution is 2.21. The summed E-state index contributed by atoms with van der Waals surface area (Å²) in [6, 6.07) is 12.9. The number of aryl methyl sites for hydroxylation is 3. The van der Waals surface area contributed by atoms with Gasteiger partial charge < -0.3 is 9.64 Å². The molecule has 7 heteroatoms. The second-order valence-corrected chi connectivity index (χ2v) is 9.26. The van der Waals surface area contributed by atoms with Gasteiger partial charge >= 0.3 is 0 Å². The monoisotopic (exact) mass is 416 g/mol. The van der Waals surface area contributed by atoms with Crippen molar-refractivity contribution >= 4 is 15.9 Å². The van der Waals surface area contributed by atoms with Crippen LogP contribution in [-0.2, 0) is 21.2 Å². The van der Waals surface area contributed by atoms with Crippen molar-refractivity contribution in [2.75, 3.05) is 32.8 Å². The summed E-state index contributed by atoms with van der Waals surface area (Å²) < 4.78 is 32.9. The summed E-state index contributed by atoms with van der Waals surface area (Å²) in [7, 11) is -3.55. The molecule has 1 fully saturated rings. The highest BCUT2D eigenvalue weighted by atomic mass is 32.2. The summed E-state index contributed by atoms with van der Waals surface area (Å²) >= 11 is 0. The van der Waals surface area contributed by atoms with Crippen LogP contribution in [0.25, 0.3) is 0 Å². The SMILES string of the molecule is CCc1cccc(OCC(=O)N2CCN(S(=O)(=O)c3ccc(C)c(C)c3)CC2)c1. The lowest BCUT2D eigenvalue weighted by Crippen LogP contribution is -2.51. The van der Waals surface area contributed by atoms with Gasteiger partial charge in [-0.1, -0.05) is 25.1 Å². The molecule has 29 heavy (non-hydrogen) atoms. The number of ether oxygens (including phenoxy) is 1. The predicted octanol–water partition coefficient (Wildman–Crippen LogP) is 2.78. The number of benzene rings is 2. The van der Waals surface area contributed by atoms with E-state index in [9.17, 15) is 13.2 Å². The largest absolute Gasteiger partial charge is 0.484 e. The quantitative estimate of drug-likeness (QED) is 0.726. The highest BCUT2D eigenvalue weighted by Gasteiger charge is 2.30. The Kier molecular flexibility index (Phi) is 6.59. The third-order valence-corrected chi connectivity index (χ3v) is 7.27. The maximum Gasteiger partial charge on any atom is 0.260 e. The second kappa shape index (κ2) is 8.97. The number of hydrogen-bond acceptors (Lipinski definition) is 4. The van der Waals surface area contributed by atoms with Crippen molar-refractivity contribution in [3.8, 4) is 5.75 Å². The molecule has 0 aliphatic carbocycles. The molecule has 156 valence electrons. The van der Waals surface area contributed by atoms with Crippen molar-refractivity contribution in [2.24, 2.45) is 0 Å². The first kappa shape index (κ1) is 21.3.